The lowest BCUT2D eigenvalue weighted by molar-refractivity contribution is -0.182. The summed E-state index contributed by atoms with van der Waals surface area (Å²) < 4.78 is 13.4. The molecule has 3 saturated heterocycles. The van der Waals surface area contributed by atoms with Gasteiger partial charge in [-0.1, -0.05) is 0 Å². The van der Waals surface area contributed by atoms with Gasteiger partial charge in [0.25, 0.3) is 0 Å². The van der Waals surface area contributed by atoms with E-state index in [0.717, 1.165) is 38.3 Å². The Hall–Kier alpha value is -1.48. The van der Waals surface area contributed by atoms with E-state index in [1.807, 2.05) is 31.3 Å². The van der Waals surface area contributed by atoms with Crippen LogP contribution >= 0.6 is 0 Å². The number of likely N-dealkylation sites (N-methyl/N-ethyl adjacent to an activating group) is 1. The highest BCUT2D eigenvalue weighted by Gasteiger charge is 2.48. The molecule has 1 amide bonds. The summed E-state index contributed by atoms with van der Waals surface area (Å²) in [5.41, 5.74) is 0.643. The lowest BCUT2D eigenvalue weighted by Crippen LogP contribution is -2.59. The second-order valence-corrected chi connectivity index (χ2v) is 8.81. The maximum Gasteiger partial charge on any atom is 0.233 e. The van der Waals surface area contributed by atoms with Gasteiger partial charge in [-0.15, -0.1) is 0 Å². The molecule has 0 saturated carbocycles. The number of amides is 1. The van der Waals surface area contributed by atoms with E-state index in [0.29, 0.717) is 26.4 Å². The summed E-state index contributed by atoms with van der Waals surface area (Å²) in [6, 6.07) is -0.103. The second-order valence-electron chi connectivity index (χ2n) is 8.81. The normalized spacial score (nSPS) is 29.3. The number of nitrogens with zero attached hydrogens (tertiary/aromatic N) is 5. The highest BCUT2D eigenvalue weighted by molar-refractivity contribution is 5.84. The van der Waals surface area contributed by atoms with Crippen LogP contribution in [0.5, 0.6) is 0 Å². The van der Waals surface area contributed by atoms with Crippen LogP contribution in [0.25, 0.3) is 0 Å². The molecule has 3 aliphatic heterocycles. The van der Waals surface area contributed by atoms with Crippen LogP contribution in [-0.2, 0) is 21.3 Å². The molecule has 8 nitrogen and oxygen atoms in total. The van der Waals surface area contributed by atoms with Gasteiger partial charge in [0.15, 0.2) is 0 Å². The topological polar surface area (TPSA) is 63.1 Å². The van der Waals surface area contributed by atoms with Gasteiger partial charge in [-0.3, -0.25) is 14.4 Å². The summed E-state index contributed by atoms with van der Waals surface area (Å²) in [5.74, 6) is 0.177. The Morgan fingerprint density at radius 1 is 1.21 bits per heavy atom. The zero-order valence-corrected chi connectivity index (χ0v) is 17.3. The van der Waals surface area contributed by atoms with E-state index >= 15 is 0 Å². The number of hydrogen-bond acceptors (Lipinski definition) is 6. The quantitative estimate of drug-likeness (QED) is 0.739. The average molecular weight is 392 g/mol. The van der Waals surface area contributed by atoms with E-state index in [9.17, 15) is 4.79 Å². The number of carbonyl (C=O) groups excluding carboxylic acids is 1. The maximum absolute atomic E-state index is 13.4. The van der Waals surface area contributed by atoms with Crippen molar-refractivity contribution in [2.75, 3.05) is 66.1 Å². The van der Waals surface area contributed by atoms with Crippen molar-refractivity contribution in [3.63, 3.8) is 0 Å². The molecule has 1 aromatic heterocycles. The molecule has 3 aliphatic rings. The molecule has 0 N–H and O–H groups in total. The molecule has 0 radical (unpaired) electrons. The van der Waals surface area contributed by atoms with E-state index in [1.165, 1.54) is 6.42 Å². The molecular weight excluding hydrogens is 358 g/mol. The summed E-state index contributed by atoms with van der Waals surface area (Å²) >= 11 is 0. The Morgan fingerprint density at radius 3 is 2.71 bits per heavy atom. The number of carbonyl (C=O) groups is 1. The van der Waals surface area contributed by atoms with Crippen molar-refractivity contribution in [2.24, 2.45) is 12.5 Å². The molecule has 0 spiro atoms. The fourth-order valence-electron chi connectivity index (χ4n) is 4.52. The molecule has 8 heteroatoms. The smallest absolute Gasteiger partial charge is 0.233 e. The maximum atomic E-state index is 13.4. The molecule has 0 bridgehead atoms. The number of rotatable bonds is 4. The molecule has 0 aliphatic carbocycles. The Kier molecular flexibility index (Phi) is 5.73. The fourth-order valence-corrected chi connectivity index (χ4v) is 4.52. The summed E-state index contributed by atoms with van der Waals surface area (Å²) in [6.07, 6.45) is 5.01. The molecule has 156 valence electrons. The molecule has 4 rings (SSSR count). The molecule has 3 fully saturated rings. The van der Waals surface area contributed by atoms with E-state index in [4.69, 9.17) is 9.47 Å². The molecule has 1 aromatic rings. The monoisotopic (exact) mass is 391 g/mol. The van der Waals surface area contributed by atoms with Gasteiger partial charge in [-0.25, -0.2) is 0 Å². The predicted octanol–water partition coefficient (Wildman–Crippen LogP) is 0.363. The van der Waals surface area contributed by atoms with Gasteiger partial charge < -0.3 is 19.3 Å². The SMILES string of the molecule is CN1CCCN(C[C@@H]2OCCN(C(=O)C3(C)COC3)[C@H]2c2cnn(C)c2)CC1. The minimum atomic E-state index is -0.409. The number of hydrogen-bond donors (Lipinski definition) is 0. The number of morpholine rings is 1. The van der Waals surface area contributed by atoms with Crippen LogP contribution < -0.4 is 0 Å². The minimum Gasteiger partial charge on any atom is -0.379 e. The Labute approximate surface area is 167 Å². The third kappa shape index (κ3) is 3.96. The van der Waals surface area contributed by atoms with Gasteiger partial charge in [0, 0.05) is 45.0 Å². The van der Waals surface area contributed by atoms with E-state index in [2.05, 4.69) is 21.9 Å². The highest BCUT2D eigenvalue weighted by atomic mass is 16.5. The molecule has 28 heavy (non-hydrogen) atoms. The first kappa shape index (κ1) is 19.8. The van der Waals surface area contributed by atoms with Crippen LogP contribution in [0.3, 0.4) is 0 Å². The highest BCUT2D eigenvalue weighted by Crippen LogP contribution is 2.36. The molecule has 0 unspecified atom stereocenters. The van der Waals surface area contributed by atoms with Crippen molar-refractivity contribution in [3.8, 4) is 0 Å². The van der Waals surface area contributed by atoms with Gasteiger partial charge in [-0.05, 0) is 33.5 Å². The average Bonchev–Trinajstić information content (AvgIpc) is 2.98. The Morgan fingerprint density at radius 2 is 2.04 bits per heavy atom. The van der Waals surface area contributed by atoms with E-state index in [1.54, 1.807) is 4.68 Å². The van der Waals surface area contributed by atoms with E-state index in [-0.39, 0.29) is 18.1 Å². The van der Waals surface area contributed by atoms with Gasteiger partial charge in [0.05, 0.1) is 43.6 Å². The van der Waals surface area contributed by atoms with Crippen molar-refractivity contribution >= 4 is 5.91 Å². The van der Waals surface area contributed by atoms with Gasteiger partial charge in [0.2, 0.25) is 5.91 Å². The van der Waals surface area contributed by atoms with Crippen molar-refractivity contribution in [1.29, 1.82) is 0 Å². The molecule has 2 atom stereocenters. The number of aryl methyl sites for hydroxylation is 1. The van der Waals surface area contributed by atoms with E-state index < -0.39 is 5.41 Å². The van der Waals surface area contributed by atoms with Crippen LogP contribution in [0.2, 0.25) is 0 Å². The first-order valence-corrected chi connectivity index (χ1v) is 10.4. The van der Waals surface area contributed by atoms with Gasteiger partial charge >= 0.3 is 0 Å². The van der Waals surface area contributed by atoms with Crippen LogP contribution in [0.4, 0.5) is 0 Å². The molecule has 4 heterocycles. The van der Waals surface area contributed by atoms with Crippen LogP contribution in [0.15, 0.2) is 12.4 Å². The molecular formula is C20H33N5O3. The summed E-state index contributed by atoms with van der Waals surface area (Å²) in [5, 5.41) is 4.37. The van der Waals surface area contributed by atoms with Crippen LogP contribution in [0, 0.1) is 5.41 Å². The zero-order valence-electron chi connectivity index (χ0n) is 17.3. The minimum absolute atomic E-state index is 0.0464. The summed E-state index contributed by atoms with van der Waals surface area (Å²) in [7, 11) is 4.10. The Balaban J connectivity index is 1.56. The Bertz CT molecular complexity index is 689. The zero-order chi connectivity index (χ0) is 19.7. The van der Waals surface area contributed by atoms with Gasteiger partial charge in [-0.2, -0.15) is 5.10 Å². The van der Waals surface area contributed by atoms with Crippen molar-refractivity contribution in [3.05, 3.63) is 18.0 Å². The fraction of sp³-hybridized carbons (Fsp3) is 0.800. The second kappa shape index (κ2) is 8.10. The van der Waals surface area contributed by atoms with Crippen LogP contribution in [-0.4, -0.2) is 103 Å². The summed E-state index contributed by atoms with van der Waals surface area (Å²) in [4.78, 5) is 20.3. The molecule has 0 aromatic carbocycles. The third-order valence-corrected chi connectivity index (χ3v) is 6.29. The third-order valence-electron chi connectivity index (χ3n) is 6.29. The largest absolute Gasteiger partial charge is 0.379 e. The van der Waals surface area contributed by atoms with Gasteiger partial charge in [0.1, 0.15) is 0 Å². The standard InChI is InChI=1S/C20H33N5O3/c1-20(14-27-15-20)19(26)25-9-10-28-17(18(25)16-11-21-23(3)12-16)13-24-6-4-5-22(2)7-8-24/h11-12,17-18H,4-10,13-15H2,1-3H3/t17-,18-/m0/s1. The lowest BCUT2D eigenvalue weighted by Gasteiger charge is -2.47. The van der Waals surface area contributed by atoms with Crippen LogP contribution in [0.1, 0.15) is 24.9 Å². The van der Waals surface area contributed by atoms with Crippen molar-refractivity contribution in [2.45, 2.75) is 25.5 Å². The van der Waals surface area contributed by atoms with Crippen molar-refractivity contribution < 1.29 is 14.3 Å². The summed E-state index contributed by atoms with van der Waals surface area (Å²) in [6.45, 7) is 9.38. The van der Waals surface area contributed by atoms with Crippen molar-refractivity contribution in [1.82, 2.24) is 24.5 Å². The first-order chi connectivity index (χ1) is 13.5. The number of aromatic nitrogens is 2. The predicted molar refractivity (Wildman–Crippen MR) is 105 cm³/mol. The first-order valence-electron chi connectivity index (χ1n) is 10.4. The lowest BCUT2D eigenvalue weighted by atomic mass is 9.85. The number of ether oxygens (including phenoxy) is 2.